The van der Waals surface area contributed by atoms with Crippen LogP contribution in [0.3, 0.4) is 0 Å². The maximum atomic E-state index is 15.1. The topological polar surface area (TPSA) is 105 Å². The zero-order chi connectivity index (χ0) is 23.2. The van der Waals surface area contributed by atoms with Gasteiger partial charge in [-0.2, -0.15) is 5.26 Å². The minimum atomic E-state index is -0.796. The van der Waals surface area contributed by atoms with Crippen LogP contribution in [0, 0.1) is 28.8 Å². The van der Waals surface area contributed by atoms with E-state index in [1.165, 1.54) is 6.07 Å². The normalized spacial score (nSPS) is 14.2. The predicted octanol–water partition coefficient (Wildman–Crippen LogP) is 4.07. The summed E-state index contributed by atoms with van der Waals surface area (Å²) >= 11 is 1.06. The fraction of sp³-hybridized carbons (Fsp3) is 0.227. The van der Waals surface area contributed by atoms with Crippen LogP contribution in [-0.2, 0) is 17.6 Å². The summed E-state index contributed by atoms with van der Waals surface area (Å²) < 4.78 is 47.9. The summed E-state index contributed by atoms with van der Waals surface area (Å²) in [6, 6.07) is 7.91. The number of fused-ring (bicyclic) bond motifs is 1. The summed E-state index contributed by atoms with van der Waals surface area (Å²) in [7, 11) is 0. The molecule has 1 aliphatic rings. The zero-order valence-electron chi connectivity index (χ0n) is 16.9. The number of nitriles is 1. The number of nitrogens with zero attached hydrogens (tertiary/aromatic N) is 4. The number of hydrogen-bond donors (Lipinski definition) is 1. The van der Waals surface area contributed by atoms with Gasteiger partial charge in [0.2, 0.25) is 17.7 Å². The molecule has 1 N–H and O–H groups in total. The summed E-state index contributed by atoms with van der Waals surface area (Å²) in [6.07, 6.45) is 1.21. The van der Waals surface area contributed by atoms with Crippen molar-refractivity contribution in [2.45, 2.75) is 31.2 Å². The van der Waals surface area contributed by atoms with Crippen LogP contribution < -0.4 is 5.32 Å². The van der Waals surface area contributed by atoms with E-state index in [1.807, 2.05) is 0 Å². The fourth-order valence-electron chi connectivity index (χ4n) is 3.41. The van der Waals surface area contributed by atoms with Crippen LogP contribution in [0.2, 0.25) is 0 Å². The summed E-state index contributed by atoms with van der Waals surface area (Å²) in [5.74, 6) is -2.31. The number of aromatic nitrogens is 3. The molecule has 5 rings (SSSR count). The average Bonchev–Trinajstić information content (AvgIpc) is 3.18. The van der Waals surface area contributed by atoms with E-state index >= 15 is 4.39 Å². The number of amides is 1. The van der Waals surface area contributed by atoms with Crippen molar-refractivity contribution in [3.8, 4) is 17.2 Å². The smallest absolute Gasteiger partial charge is 0.230 e. The molecule has 4 aromatic rings. The van der Waals surface area contributed by atoms with Crippen LogP contribution in [-0.4, -0.2) is 26.6 Å². The van der Waals surface area contributed by atoms with Gasteiger partial charge in [0.25, 0.3) is 0 Å². The Bertz CT molecular complexity index is 1420. The maximum Gasteiger partial charge on any atom is 0.230 e. The Labute approximate surface area is 188 Å². The Morgan fingerprint density at radius 2 is 1.88 bits per heavy atom. The van der Waals surface area contributed by atoms with Crippen LogP contribution in [0.4, 0.5) is 13.2 Å². The van der Waals surface area contributed by atoms with Gasteiger partial charge in [-0.1, -0.05) is 0 Å². The van der Waals surface area contributed by atoms with Crippen LogP contribution >= 0.6 is 11.3 Å². The van der Waals surface area contributed by atoms with E-state index in [9.17, 15) is 13.6 Å². The van der Waals surface area contributed by atoms with E-state index in [0.29, 0.717) is 23.4 Å². The Balaban J connectivity index is 1.33. The summed E-state index contributed by atoms with van der Waals surface area (Å²) in [4.78, 5) is 16.4. The van der Waals surface area contributed by atoms with Gasteiger partial charge in [0.15, 0.2) is 0 Å². The van der Waals surface area contributed by atoms with Gasteiger partial charge in [0.1, 0.15) is 34.4 Å². The van der Waals surface area contributed by atoms with Gasteiger partial charge in [-0.3, -0.25) is 4.79 Å². The second-order valence-electron chi connectivity index (χ2n) is 7.73. The van der Waals surface area contributed by atoms with Crippen LogP contribution in [0.1, 0.15) is 29.6 Å². The van der Waals surface area contributed by atoms with Crippen molar-refractivity contribution in [2.75, 3.05) is 0 Å². The standard InChI is InChI=1S/C22H14F3N5O2S/c23-12-5-11(6-13(24)7-12)14-1-2-15-21(20(14)25)33-19(27-15)9-18-30-29-17(32-18)8-16(31)28-22(10-26)3-4-22/h1-2,5-7H,3-4,8-9H2,(H,28,31). The number of hydrogen-bond acceptors (Lipinski definition) is 7. The second-order valence-corrected chi connectivity index (χ2v) is 8.81. The lowest BCUT2D eigenvalue weighted by molar-refractivity contribution is -0.121. The van der Waals surface area contributed by atoms with Crippen molar-refractivity contribution in [1.82, 2.24) is 20.5 Å². The molecule has 0 atom stereocenters. The van der Waals surface area contributed by atoms with Crippen molar-refractivity contribution in [3.63, 3.8) is 0 Å². The van der Waals surface area contributed by atoms with Crippen molar-refractivity contribution in [2.24, 2.45) is 0 Å². The number of halogens is 3. The Kier molecular flexibility index (Phi) is 5.09. The first-order chi connectivity index (χ1) is 15.8. The molecule has 0 aliphatic heterocycles. The molecule has 7 nitrogen and oxygen atoms in total. The van der Waals surface area contributed by atoms with E-state index in [1.54, 1.807) is 6.07 Å². The number of thiazole rings is 1. The van der Waals surface area contributed by atoms with E-state index in [-0.39, 0.29) is 46.4 Å². The van der Waals surface area contributed by atoms with Crippen LogP contribution in [0.15, 0.2) is 34.7 Å². The molecule has 2 heterocycles. The first kappa shape index (κ1) is 21.1. The molecule has 0 radical (unpaired) electrons. The molecule has 11 heteroatoms. The molecule has 0 bridgehead atoms. The van der Waals surface area contributed by atoms with Crippen molar-refractivity contribution in [1.29, 1.82) is 5.26 Å². The molecule has 1 amide bonds. The lowest BCUT2D eigenvalue weighted by Gasteiger charge is -2.06. The highest BCUT2D eigenvalue weighted by Crippen LogP contribution is 2.35. The van der Waals surface area contributed by atoms with E-state index < -0.39 is 23.0 Å². The number of carbonyl (C=O) groups is 1. The molecule has 0 spiro atoms. The Morgan fingerprint density at radius 1 is 1.15 bits per heavy atom. The number of benzene rings is 2. The maximum absolute atomic E-state index is 15.1. The Hall–Kier alpha value is -3.78. The molecule has 1 aliphatic carbocycles. The van der Waals surface area contributed by atoms with Crippen molar-refractivity contribution < 1.29 is 22.4 Å². The fourth-order valence-corrected chi connectivity index (χ4v) is 4.41. The second kappa shape index (κ2) is 7.97. The summed E-state index contributed by atoms with van der Waals surface area (Å²) in [5, 5.41) is 19.9. The highest BCUT2D eigenvalue weighted by molar-refractivity contribution is 7.18. The van der Waals surface area contributed by atoms with Crippen LogP contribution in [0.5, 0.6) is 0 Å². The average molecular weight is 469 g/mol. The molecule has 2 aromatic carbocycles. The van der Waals surface area contributed by atoms with E-state index in [2.05, 4.69) is 26.6 Å². The first-order valence-corrected chi connectivity index (χ1v) is 10.7. The molecule has 1 fully saturated rings. The molecular formula is C22H14F3N5O2S. The van der Waals surface area contributed by atoms with Crippen LogP contribution in [0.25, 0.3) is 21.3 Å². The van der Waals surface area contributed by atoms with Gasteiger partial charge in [-0.05, 0) is 42.7 Å². The van der Waals surface area contributed by atoms with Gasteiger partial charge >= 0.3 is 0 Å². The molecule has 0 unspecified atom stereocenters. The molecule has 2 aromatic heterocycles. The highest BCUT2D eigenvalue weighted by Gasteiger charge is 2.44. The molecule has 166 valence electrons. The molecule has 1 saturated carbocycles. The minimum absolute atomic E-state index is 0.0630. The van der Waals surface area contributed by atoms with E-state index in [0.717, 1.165) is 29.5 Å². The highest BCUT2D eigenvalue weighted by atomic mass is 32.1. The summed E-state index contributed by atoms with van der Waals surface area (Å²) in [5.41, 5.74) is -0.237. The minimum Gasteiger partial charge on any atom is -0.424 e. The van der Waals surface area contributed by atoms with Crippen molar-refractivity contribution >= 4 is 27.5 Å². The first-order valence-electron chi connectivity index (χ1n) is 9.92. The molecular weight excluding hydrogens is 455 g/mol. The van der Waals surface area contributed by atoms with Gasteiger partial charge in [0.05, 0.1) is 22.7 Å². The van der Waals surface area contributed by atoms with Gasteiger partial charge in [-0.25, -0.2) is 18.2 Å². The van der Waals surface area contributed by atoms with Gasteiger partial charge < -0.3 is 9.73 Å². The SMILES string of the molecule is N#CC1(NC(=O)Cc2nnc(Cc3nc4ccc(-c5cc(F)cc(F)c5)c(F)c4s3)o2)CC1. The van der Waals surface area contributed by atoms with E-state index in [4.69, 9.17) is 9.68 Å². The lowest BCUT2D eigenvalue weighted by atomic mass is 10.0. The quantitative estimate of drug-likeness (QED) is 0.457. The van der Waals surface area contributed by atoms with Crippen molar-refractivity contribution in [3.05, 3.63) is 64.6 Å². The predicted molar refractivity (Wildman–Crippen MR) is 111 cm³/mol. The zero-order valence-corrected chi connectivity index (χ0v) is 17.7. The lowest BCUT2D eigenvalue weighted by Crippen LogP contribution is -2.36. The third-order valence-corrected chi connectivity index (χ3v) is 6.24. The Morgan fingerprint density at radius 3 is 2.58 bits per heavy atom. The van der Waals surface area contributed by atoms with Gasteiger partial charge in [-0.15, -0.1) is 21.5 Å². The largest absolute Gasteiger partial charge is 0.424 e. The number of carbonyl (C=O) groups excluding carboxylic acids is 1. The van der Waals surface area contributed by atoms with Gasteiger partial charge in [0, 0.05) is 11.6 Å². The molecule has 0 saturated heterocycles. The number of rotatable bonds is 6. The third kappa shape index (κ3) is 4.29. The molecule has 33 heavy (non-hydrogen) atoms. The monoisotopic (exact) mass is 469 g/mol. The summed E-state index contributed by atoms with van der Waals surface area (Å²) in [6.45, 7) is 0. The third-order valence-electron chi connectivity index (χ3n) is 5.18. The number of nitrogens with one attached hydrogen (secondary N) is 1.